The van der Waals surface area contributed by atoms with Crippen molar-refractivity contribution in [3.05, 3.63) is 36.5 Å². The zero-order valence-electron chi connectivity index (χ0n) is 5.77. The number of rotatable bonds is 0. The smallest absolute Gasteiger partial charge is 0.0127 e. The molecule has 0 saturated heterocycles. The Morgan fingerprint density at radius 1 is 0.500 bits per heavy atom. The summed E-state index contributed by atoms with van der Waals surface area (Å²) in [5.74, 6) is 3.19. The van der Waals surface area contributed by atoms with E-state index in [1.54, 1.807) is 0 Å². The second-order valence-electron chi connectivity index (χ2n) is 3.46. The standard InChI is InChI=1S/C10H10/c1-4-8-9-5-2-7(1)3-6-10(8)9/h1-10H/t7?,8-,9?,10?/i1+1/t7?,8?,9-,10?/m0/s1. The first-order chi connectivity index (χ1) is 4.95. The Labute approximate surface area is 60.9 Å². The van der Waals surface area contributed by atoms with Gasteiger partial charge in [-0.25, -0.2) is 0 Å². The molecule has 10 heavy (non-hydrogen) atoms. The van der Waals surface area contributed by atoms with E-state index < -0.39 is 0 Å². The summed E-state index contributed by atoms with van der Waals surface area (Å²) in [5, 5.41) is 0. The summed E-state index contributed by atoms with van der Waals surface area (Å²) in [6, 6.07) is 0. The Balaban J connectivity index is 2.17. The molecule has 0 N–H and O–H groups in total. The lowest BCUT2D eigenvalue weighted by Crippen LogP contribution is -1.80. The van der Waals surface area contributed by atoms with Gasteiger partial charge in [0.2, 0.25) is 0 Å². The van der Waals surface area contributed by atoms with Crippen LogP contribution >= 0.6 is 0 Å². The van der Waals surface area contributed by atoms with E-state index in [9.17, 15) is 0 Å². The van der Waals surface area contributed by atoms with Crippen molar-refractivity contribution in [3.8, 4) is 0 Å². The molecule has 4 rings (SSSR count). The van der Waals surface area contributed by atoms with E-state index in [1.807, 2.05) is 0 Å². The zero-order valence-corrected chi connectivity index (χ0v) is 5.77. The molecule has 4 bridgehead atoms. The van der Waals surface area contributed by atoms with Crippen molar-refractivity contribution in [3.63, 3.8) is 0 Å². The van der Waals surface area contributed by atoms with Crippen molar-refractivity contribution in [1.29, 1.82) is 0 Å². The quantitative estimate of drug-likeness (QED) is 0.349. The fourth-order valence-electron chi connectivity index (χ4n) is 2.12. The summed E-state index contributed by atoms with van der Waals surface area (Å²) < 4.78 is 0. The molecule has 4 aliphatic rings. The van der Waals surface area contributed by atoms with Gasteiger partial charge in [-0.05, 0) is 17.8 Å². The highest BCUT2D eigenvalue weighted by molar-refractivity contribution is 5.32. The molecule has 0 aromatic carbocycles. The minimum atomic E-state index is 0.611. The van der Waals surface area contributed by atoms with Crippen LogP contribution in [0.15, 0.2) is 36.5 Å². The Bertz CT molecular complexity index is 196. The number of hydrogen-bond donors (Lipinski definition) is 0. The number of allylic oxidation sites excluding steroid dienone is 6. The molecule has 1 saturated carbocycles. The molecule has 0 spiro atoms. The van der Waals surface area contributed by atoms with Gasteiger partial charge in [0.1, 0.15) is 0 Å². The topological polar surface area (TPSA) is 0 Å². The summed E-state index contributed by atoms with van der Waals surface area (Å²) in [7, 11) is 0. The van der Waals surface area contributed by atoms with Crippen molar-refractivity contribution in [2.24, 2.45) is 23.7 Å². The SMILES string of the molecule is C1=CC2C3C=[13CH]C1C=C[C@H]23. The lowest BCUT2D eigenvalue weighted by atomic mass is 10.2. The first kappa shape index (κ1) is 4.95. The fraction of sp³-hybridized carbons (Fsp3) is 0.400. The lowest BCUT2D eigenvalue weighted by molar-refractivity contribution is 1.00. The highest BCUT2D eigenvalue weighted by atomic mass is 14.5. The molecule has 0 amide bonds. The Morgan fingerprint density at radius 2 is 0.900 bits per heavy atom. The monoisotopic (exact) mass is 131 g/mol. The van der Waals surface area contributed by atoms with E-state index in [4.69, 9.17) is 0 Å². The van der Waals surface area contributed by atoms with Crippen LogP contribution in [0.1, 0.15) is 0 Å². The van der Waals surface area contributed by atoms with Gasteiger partial charge in [0.05, 0.1) is 0 Å². The van der Waals surface area contributed by atoms with Crippen LogP contribution < -0.4 is 0 Å². The van der Waals surface area contributed by atoms with Crippen molar-refractivity contribution >= 4 is 0 Å². The van der Waals surface area contributed by atoms with Crippen LogP contribution in [0.2, 0.25) is 0 Å². The first-order valence-corrected chi connectivity index (χ1v) is 4.00. The second kappa shape index (κ2) is 1.45. The molecule has 0 radical (unpaired) electrons. The van der Waals surface area contributed by atoms with Gasteiger partial charge in [0, 0.05) is 5.92 Å². The molecule has 3 unspecified atom stereocenters. The molecule has 50 valence electrons. The third-order valence-corrected chi connectivity index (χ3v) is 2.86. The minimum absolute atomic E-state index is 0.611. The maximum atomic E-state index is 2.39. The van der Waals surface area contributed by atoms with Gasteiger partial charge in [0.25, 0.3) is 0 Å². The van der Waals surface area contributed by atoms with Gasteiger partial charge in [-0.2, -0.15) is 0 Å². The van der Waals surface area contributed by atoms with Gasteiger partial charge in [0.15, 0.2) is 0 Å². The third-order valence-electron chi connectivity index (χ3n) is 2.86. The van der Waals surface area contributed by atoms with Gasteiger partial charge >= 0.3 is 0 Å². The fourth-order valence-corrected chi connectivity index (χ4v) is 2.12. The lowest BCUT2D eigenvalue weighted by Gasteiger charge is -1.93. The first-order valence-electron chi connectivity index (χ1n) is 4.00. The van der Waals surface area contributed by atoms with Crippen molar-refractivity contribution < 1.29 is 0 Å². The summed E-state index contributed by atoms with van der Waals surface area (Å²) in [6.07, 6.45) is 14.1. The van der Waals surface area contributed by atoms with Crippen LogP contribution in [-0.2, 0) is 0 Å². The largest absolute Gasteiger partial charge is 0.0833 e. The molecule has 1 fully saturated rings. The van der Waals surface area contributed by atoms with Crippen LogP contribution in [0.5, 0.6) is 0 Å². The van der Waals surface area contributed by atoms with E-state index >= 15 is 0 Å². The van der Waals surface area contributed by atoms with Gasteiger partial charge in [-0.1, -0.05) is 36.5 Å². The van der Waals surface area contributed by atoms with Crippen LogP contribution in [0.3, 0.4) is 0 Å². The maximum absolute atomic E-state index is 2.39. The van der Waals surface area contributed by atoms with E-state index in [0.29, 0.717) is 5.92 Å². The van der Waals surface area contributed by atoms with Crippen LogP contribution in [-0.4, -0.2) is 0 Å². The minimum Gasteiger partial charge on any atom is -0.0833 e. The molecular formula is C10H10. The summed E-state index contributed by atoms with van der Waals surface area (Å²) >= 11 is 0. The molecule has 4 aliphatic carbocycles. The molecule has 0 heteroatoms. The predicted octanol–water partition coefficient (Wildman–Crippen LogP) is 2.16. The normalized spacial score (nSPS) is 52.8. The summed E-state index contributed by atoms with van der Waals surface area (Å²) in [5.41, 5.74) is 0. The number of hydrogen-bond acceptors (Lipinski definition) is 0. The van der Waals surface area contributed by atoms with Crippen molar-refractivity contribution in [2.75, 3.05) is 0 Å². The van der Waals surface area contributed by atoms with Crippen molar-refractivity contribution in [1.82, 2.24) is 0 Å². The van der Waals surface area contributed by atoms with Gasteiger partial charge in [-0.15, -0.1) is 0 Å². The zero-order chi connectivity index (χ0) is 6.55. The molecule has 0 aromatic heterocycles. The molecule has 0 heterocycles. The van der Waals surface area contributed by atoms with Crippen molar-refractivity contribution in [2.45, 2.75) is 0 Å². The molecule has 0 aromatic rings. The Hall–Kier alpha value is -0.780. The van der Waals surface area contributed by atoms with E-state index in [1.165, 1.54) is 0 Å². The molecule has 0 aliphatic heterocycles. The van der Waals surface area contributed by atoms with Crippen LogP contribution in [0.4, 0.5) is 0 Å². The molecule has 4 atom stereocenters. The average Bonchev–Trinajstić information content (AvgIpc) is 2.67. The Morgan fingerprint density at radius 3 is 1.30 bits per heavy atom. The van der Waals surface area contributed by atoms with E-state index in [2.05, 4.69) is 36.5 Å². The average molecular weight is 131 g/mol. The van der Waals surface area contributed by atoms with Crippen LogP contribution in [0, 0.1) is 23.7 Å². The summed E-state index contributed by atoms with van der Waals surface area (Å²) in [6.45, 7) is 0. The van der Waals surface area contributed by atoms with E-state index in [-0.39, 0.29) is 0 Å². The third kappa shape index (κ3) is 0.476. The maximum Gasteiger partial charge on any atom is 0.0127 e. The molecular weight excluding hydrogens is 121 g/mol. The molecule has 0 nitrogen and oxygen atoms in total. The predicted molar refractivity (Wildman–Crippen MR) is 41.4 cm³/mol. The van der Waals surface area contributed by atoms with E-state index in [0.717, 1.165) is 17.8 Å². The van der Waals surface area contributed by atoms with Gasteiger partial charge in [-0.3, -0.25) is 0 Å². The highest BCUT2D eigenvalue weighted by Crippen LogP contribution is 2.52. The summed E-state index contributed by atoms with van der Waals surface area (Å²) in [4.78, 5) is 0. The second-order valence-corrected chi connectivity index (χ2v) is 3.46. The highest BCUT2D eigenvalue weighted by Gasteiger charge is 2.46. The van der Waals surface area contributed by atoms with Gasteiger partial charge < -0.3 is 0 Å². The Kier molecular flexibility index (Phi) is 0.715. The van der Waals surface area contributed by atoms with Crippen LogP contribution in [0.25, 0.3) is 0 Å².